The van der Waals surface area contributed by atoms with Gasteiger partial charge in [0.15, 0.2) is 0 Å². The molecule has 0 spiro atoms. The van der Waals surface area contributed by atoms with Crippen LogP contribution in [0.15, 0.2) is 12.1 Å². The van der Waals surface area contributed by atoms with E-state index in [1.54, 1.807) is 0 Å². The van der Waals surface area contributed by atoms with Crippen LogP contribution >= 0.6 is 0 Å². The van der Waals surface area contributed by atoms with Gasteiger partial charge in [0.1, 0.15) is 11.6 Å². The monoisotopic (exact) mass is 257 g/mol. The Morgan fingerprint density at radius 3 is 2.44 bits per heavy atom. The molecule has 0 aliphatic heterocycles. The number of carbonyl (C=O) groups is 1. The molecule has 0 saturated heterocycles. The van der Waals surface area contributed by atoms with Gasteiger partial charge in [-0.1, -0.05) is 20.3 Å². The van der Waals surface area contributed by atoms with Gasteiger partial charge in [0, 0.05) is 12.1 Å². The quantitative estimate of drug-likeness (QED) is 0.848. The number of hydrogen-bond acceptors (Lipinski definition) is 2. The standard InChI is InChI=1S/C13H17F2NO2/c1-4-7(2)8(3)16-12-5-9(13(17)18)10(14)6-11(12)15/h5-8,16H,4H2,1-3H3,(H,17,18). The molecule has 0 radical (unpaired) electrons. The van der Waals surface area contributed by atoms with Gasteiger partial charge < -0.3 is 10.4 Å². The molecule has 1 rings (SSSR count). The molecule has 0 aliphatic carbocycles. The van der Waals surface area contributed by atoms with E-state index in [1.807, 2.05) is 20.8 Å². The van der Waals surface area contributed by atoms with Crippen LogP contribution in [0.25, 0.3) is 0 Å². The third kappa shape index (κ3) is 3.18. The van der Waals surface area contributed by atoms with Crippen LogP contribution in [-0.2, 0) is 0 Å². The van der Waals surface area contributed by atoms with Crippen LogP contribution in [0.2, 0.25) is 0 Å². The first-order valence-electron chi connectivity index (χ1n) is 5.85. The van der Waals surface area contributed by atoms with Gasteiger partial charge >= 0.3 is 5.97 Å². The molecule has 0 aromatic heterocycles. The molecule has 2 N–H and O–H groups in total. The highest BCUT2D eigenvalue weighted by atomic mass is 19.1. The van der Waals surface area contributed by atoms with Crippen LogP contribution in [0.3, 0.4) is 0 Å². The number of carboxylic acid groups (broad SMARTS) is 1. The number of rotatable bonds is 5. The Hall–Kier alpha value is -1.65. The Morgan fingerprint density at radius 2 is 1.94 bits per heavy atom. The number of benzene rings is 1. The Bertz CT molecular complexity index is 449. The molecule has 2 atom stereocenters. The lowest BCUT2D eigenvalue weighted by Gasteiger charge is -2.21. The molecule has 0 saturated carbocycles. The van der Waals surface area contributed by atoms with Gasteiger partial charge in [-0.2, -0.15) is 0 Å². The van der Waals surface area contributed by atoms with Crippen molar-refractivity contribution in [3.63, 3.8) is 0 Å². The van der Waals surface area contributed by atoms with E-state index in [9.17, 15) is 13.6 Å². The van der Waals surface area contributed by atoms with Crippen molar-refractivity contribution in [2.24, 2.45) is 5.92 Å². The lowest BCUT2D eigenvalue weighted by Crippen LogP contribution is -2.24. The topological polar surface area (TPSA) is 49.3 Å². The first kappa shape index (κ1) is 14.4. The highest BCUT2D eigenvalue weighted by Crippen LogP contribution is 2.22. The predicted octanol–water partition coefficient (Wildman–Crippen LogP) is 3.51. The first-order chi connectivity index (χ1) is 8.36. The van der Waals surface area contributed by atoms with Crippen molar-refractivity contribution in [3.05, 3.63) is 29.3 Å². The lowest BCUT2D eigenvalue weighted by molar-refractivity contribution is 0.0692. The van der Waals surface area contributed by atoms with Crippen molar-refractivity contribution in [2.45, 2.75) is 33.2 Å². The van der Waals surface area contributed by atoms with Gasteiger partial charge in [-0.25, -0.2) is 13.6 Å². The Balaban J connectivity index is 3.02. The molecule has 0 bridgehead atoms. The predicted molar refractivity (Wildman–Crippen MR) is 65.9 cm³/mol. The molecule has 5 heteroatoms. The fourth-order valence-corrected chi connectivity index (χ4v) is 1.56. The molecule has 3 nitrogen and oxygen atoms in total. The molecule has 0 fully saturated rings. The van der Waals surface area contributed by atoms with Crippen molar-refractivity contribution in [3.8, 4) is 0 Å². The second-order valence-electron chi connectivity index (χ2n) is 4.44. The summed E-state index contributed by atoms with van der Waals surface area (Å²) in [6.45, 7) is 5.88. The molecular weight excluding hydrogens is 240 g/mol. The summed E-state index contributed by atoms with van der Waals surface area (Å²) in [4.78, 5) is 10.8. The number of aromatic carboxylic acids is 1. The number of halogens is 2. The lowest BCUT2D eigenvalue weighted by atomic mass is 10.0. The second kappa shape index (κ2) is 5.80. The molecular formula is C13H17F2NO2. The highest BCUT2D eigenvalue weighted by Gasteiger charge is 2.17. The number of hydrogen-bond donors (Lipinski definition) is 2. The summed E-state index contributed by atoms with van der Waals surface area (Å²) < 4.78 is 26.7. The minimum absolute atomic E-state index is 0.0154. The van der Waals surface area contributed by atoms with Crippen LogP contribution in [0.1, 0.15) is 37.6 Å². The minimum Gasteiger partial charge on any atom is -0.478 e. The first-order valence-corrected chi connectivity index (χ1v) is 5.85. The molecule has 0 heterocycles. The van der Waals surface area contributed by atoms with E-state index in [4.69, 9.17) is 5.11 Å². The maximum absolute atomic E-state index is 13.5. The van der Waals surface area contributed by atoms with Crippen molar-refractivity contribution >= 4 is 11.7 Å². The van der Waals surface area contributed by atoms with Crippen LogP contribution in [0.5, 0.6) is 0 Å². The van der Waals surface area contributed by atoms with Crippen molar-refractivity contribution < 1.29 is 18.7 Å². The normalized spacial score (nSPS) is 14.1. The van der Waals surface area contributed by atoms with Gasteiger partial charge in [0.25, 0.3) is 0 Å². The van der Waals surface area contributed by atoms with Gasteiger partial charge in [0.2, 0.25) is 0 Å². The summed E-state index contributed by atoms with van der Waals surface area (Å²) in [5.41, 5.74) is -0.517. The molecule has 1 aromatic rings. The zero-order valence-corrected chi connectivity index (χ0v) is 10.6. The number of carboxylic acids is 1. The van der Waals surface area contributed by atoms with Crippen LogP contribution in [0, 0.1) is 17.6 Å². The number of nitrogens with one attached hydrogen (secondary N) is 1. The third-order valence-corrected chi connectivity index (χ3v) is 3.17. The third-order valence-electron chi connectivity index (χ3n) is 3.17. The molecule has 0 aliphatic rings. The van der Waals surface area contributed by atoms with Gasteiger partial charge in [0.05, 0.1) is 11.3 Å². The Kier molecular flexibility index (Phi) is 4.64. The van der Waals surface area contributed by atoms with E-state index in [2.05, 4.69) is 5.32 Å². The molecule has 1 aromatic carbocycles. The van der Waals surface area contributed by atoms with E-state index in [-0.39, 0.29) is 11.7 Å². The fourth-order valence-electron chi connectivity index (χ4n) is 1.56. The smallest absolute Gasteiger partial charge is 0.338 e. The summed E-state index contributed by atoms with van der Waals surface area (Å²) in [6, 6.07) is 1.55. The van der Waals surface area contributed by atoms with E-state index in [0.717, 1.165) is 12.5 Å². The van der Waals surface area contributed by atoms with Crippen LogP contribution in [0.4, 0.5) is 14.5 Å². The summed E-state index contributed by atoms with van der Waals surface area (Å²) in [7, 11) is 0. The Labute approximate surface area is 105 Å². The van der Waals surface area contributed by atoms with E-state index in [0.29, 0.717) is 12.0 Å². The maximum Gasteiger partial charge on any atom is 0.338 e. The van der Waals surface area contributed by atoms with E-state index >= 15 is 0 Å². The summed E-state index contributed by atoms with van der Waals surface area (Å²) >= 11 is 0. The highest BCUT2D eigenvalue weighted by molar-refractivity contribution is 5.89. The largest absolute Gasteiger partial charge is 0.478 e. The molecule has 100 valence electrons. The van der Waals surface area contributed by atoms with Gasteiger partial charge in [-0.15, -0.1) is 0 Å². The fraction of sp³-hybridized carbons (Fsp3) is 0.462. The summed E-state index contributed by atoms with van der Waals surface area (Å²) in [5.74, 6) is -2.97. The van der Waals surface area contributed by atoms with Crippen molar-refractivity contribution in [1.29, 1.82) is 0 Å². The Morgan fingerprint density at radius 1 is 1.33 bits per heavy atom. The van der Waals surface area contributed by atoms with Crippen LogP contribution in [-0.4, -0.2) is 17.1 Å². The van der Waals surface area contributed by atoms with Crippen molar-refractivity contribution in [2.75, 3.05) is 5.32 Å². The van der Waals surface area contributed by atoms with Gasteiger partial charge in [-0.3, -0.25) is 0 Å². The zero-order chi connectivity index (χ0) is 13.9. The average Bonchev–Trinajstić information content (AvgIpc) is 2.30. The number of anilines is 1. The molecule has 2 unspecified atom stereocenters. The summed E-state index contributed by atoms with van der Waals surface area (Å²) in [6.07, 6.45) is 0.906. The average molecular weight is 257 g/mol. The maximum atomic E-state index is 13.5. The molecule has 0 amide bonds. The van der Waals surface area contributed by atoms with E-state index < -0.39 is 23.2 Å². The molecule has 18 heavy (non-hydrogen) atoms. The van der Waals surface area contributed by atoms with Crippen LogP contribution < -0.4 is 5.32 Å². The van der Waals surface area contributed by atoms with E-state index in [1.165, 1.54) is 0 Å². The summed E-state index contributed by atoms with van der Waals surface area (Å²) in [5, 5.41) is 11.7. The van der Waals surface area contributed by atoms with Crippen molar-refractivity contribution in [1.82, 2.24) is 0 Å². The minimum atomic E-state index is -1.41. The second-order valence-corrected chi connectivity index (χ2v) is 4.44. The SMILES string of the molecule is CCC(C)C(C)Nc1cc(C(=O)O)c(F)cc1F. The zero-order valence-electron chi connectivity index (χ0n) is 10.6. The van der Waals surface area contributed by atoms with Gasteiger partial charge in [-0.05, 0) is 18.9 Å².